The van der Waals surface area contributed by atoms with E-state index < -0.39 is 0 Å². The Kier molecular flexibility index (Phi) is 7.81. The first-order valence-corrected chi connectivity index (χ1v) is 8.61. The van der Waals surface area contributed by atoms with Crippen molar-refractivity contribution in [3.05, 3.63) is 29.3 Å². The molecule has 2 nitrogen and oxygen atoms in total. The van der Waals surface area contributed by atoms with Crippen molar-refractivity contribution < 1.29 is 0 Å². The Balaban J connectivity index is 2.83. The molecule has 0 saturated carbocycles. The van der Waals surface area contributed by atoms with Crippen molar-refractivity contribution in [1.29, 1.82) is 0 Å². The number of benzene rings is 1. The number of nitrogens with two attached hydrogens (primary N) is 1. The Bertz CT molecular complexity index is 412. The third-order valence-electron chi connectivity index (χ3n) is 4.29. The van der Waals surface area contributed by atoms with Crippen molar-refractivity contribution in [2.24, 2.45) is 5.73 Å². The number of rotatable bonds is 9. The average Bonchev–Trinajstić information content (AvgIpc) is 2.45. The molecule has 2 N–H and O–H groups in total. The lowest BCUT2D eigenvalue weighted by molar-refractivity contribution is 0.624. The van der Waals surface area contributed by atoms with Crippen molar-refractivity contribution >= 4 is 5.69 Å². The van der Waals surface area contributed by atoms with Gasteiger partial charge in [0, 0.05) is 24.3 Å². The zero-order chi connectivity index (χ0) is 15.8. The number of hydrogen-bond acceptors (Lipinski definition) is 2. The van der Waals surface area contributed by atoms with Crippen molar-refractivity contribution in [2.45, 2.75) is 78.8 Å². The molecule has 120 valence electrons. The van der Waals surface area contributed by atoms with Crippen LogP contribution in [0.4, 0.5) is 5.69 Å². The van der Waals surface area contributed by atoms with E-state index in [0.717, 1.165) is 19.4 Å². The van der Waals surface area contributed by atoms with E-state index in [0.29, 0.717) is 6.04 Å². The van der Waals surface area contributed by atoms with Crippen LogP contribution >= 0.6 is 0 Å². The van der Waals surface area contributed by atoms with Gasteiger partial charge in [0.2, 0.25) is 0 Å². The summed E-state index contributed by atoms with van der Waals surface area (Å²) < 4.78 is 0. The van der Waals surface area contributed by atoms with Crippen LogP contribution in [0.3, 0.4) is 0 Å². The van der Waals surface area contributed by atoms with Crippen LogP contribution in [0.5, 0.6) is 0 Å². The molecular weight excluding hydrogens is 256 g/mol. The number of hydrogen-bond donors (Lipinski definition) is 1. The molecule has 1 aromatic rings. The fourth-order valence-corrected chi connectivity index (χ4v) is 2.73. The van der Waals surface area contributed by atoms with Gasteiger partial charge >= 0.3 is 0 Å². The predicted molar refractivity (Wildman–Crippen MR) is 95.2 cm³/mol. The largest absolute Gasteiger partial charge is 0.369 e. The van der Waals surface area contributed by atoms with Crippen LogP contribution in [0, 0.1) is 6.92 Å². The molecule has 0 heterocycles. The highest BCUT2D eigenvalue weighted by atomic mass is 15.1. The Morgan fingerprint density at radius 1 is 1.14 bits per heavy atom. The minimum Gasteiger partial charge on any atom is -0.369 e. The first kappa shape index (κ1) is 18.0. The van der Waals surface area contributed by atoms with E-state index >= 15 is 0 Å². The van der Waals surface area contributed by atoms with Crippen molar-refractivity contribution in [3.63, 3.8) is 0 Å². The van der Waals surface area contributed by atoms with Crippen LogP contribution in [0.1, 0.15) is 64.5 Å². The summed E-state index contributed by atoms with van der Waals surface area (Å²) in [7, 11) is 0. The van der Waals surface area contributed by atoms with E-state index in [-0.39, 0.29) is 6.04 Å². The van der Waals surface area contributed by atoms with E-state index in [9.17, 15) is 0 Å². The van der Waals surface area contributed by atoms with Crippen molar-refractivity contribution in [3.8, 4) is 0 Å². The molecule has 21 heavy (non-hydrogen) atoms. The van der Waals surface area contributed by atoms with Crippen LogP contribution < -0.4 is 10.6 Å². The quantitative estimate of drug-likeness (QED) is 0.669. The lowest BCUT2D eigenvalue weighted by Gasteiger charge is -2.30. The lowest BCUT2D eigenvalue weighted by Crippen LogP contribution is -2.31. The molecule has 1 aromatic carbocycles. The molecule has 0 aliphatic carbocycles. The minimum atomic E-state index is 0.278. The molecule has 0 aliphatic heterocycles. The summed E-state index contributed by atoms with van der Waals surface area (Å²) in [5.74, 6) is 0. The maximum Gasteiger partial charge on any atom is 0.0371 e. The number of unbranched alkanes of at least 4 members (excludes halogenated alkanes) is 2. The molecule has 0 saturated heterocycles. The molecular formula is C19H34N2. The highest BCUT2D eigenvalue weighted by Crippen LogP contribution is 2.23. The minimum absolute atomic E-state index is 0.278. The number of aryl methyl sites for hydroxylation is 1. The van der Waals surface area contributed by atoms with E-state index in [1.54, 1.807) is 0 Å². The molecule has 2 heteroatoms. The van der Waals surface area contributed by atoms with Crippen LogP contribution in [0.2, 0.25) is 0 Å². The smallest absolute Gasteiger partial charge is 0.0371 e. The summed E-state index contributed by atoms with van der Waals surface area (Å²) >= 11 is 0. The van der Waals surface area contributed by atoms with Gasteiger partial charge in [-0.2, -0.15) is 0 Å². The summed E-state index contributed by atoms with van der Waals surface area (Å²) in [5.41, 5.74) is 10.2. The summed E-state index contributed by atoms with van der Waals surface area (Å²) in [4.78, 5) is 2.52. The fourth-order valence-electron chi connectivity index (χ4n) is 2.73. The monoisotopic (exact) mass is 290 g/mol. The molecule has 0 amide bonds. The Labute approximate surface area is 131 Å². The molecule has 0 spiro atoms. The molecule has 0 aliphatic rings. The third-order valence-corrected chi connectivity index (χ3v) is 4.29. The van der Waals surface area contributed by atoms with Gasteiger partial charge in [0.1, 0.15) is 0 Å². The normalized spacial score (nSPS) is 12.7. The molecule has 0 radical (unpaired) electrons. The zero-order valence-corrected chi connectivity index (χ0v) is 14.7. The van der Waals surface area contributed by atoms with Gasteiger partial charge in [0.15, 0.2) is 0 Å². The van der Waals surface area contributed by atoms with E-state index in [4.69, 9.17) is 5.73 Å². The van der Waals surface area contributed by atoms with Gasteiger partial charge in [-0.15, -0.1) is 0 Å². The fraction of sp³-hybridized carbons (Fsp3) is 0.684. The first-order chi connectivity index (χ1) is 9.99. The van der Waals surface area contributed by atoms with Gasteiger partial charge in [-0.1, -0.05) is 32.8 Å². The Morgan fingerprint density at radius 3 is 2.38 bits per heavy atom. The number of anilines is 1. The van der Waals surface area contributed by atoms with Crippen LogP contribution in [-0.2, 0) is 6.42 Å². The van der Waals surface area contributed by atoms with E-state index in [2.05, 4.69) is 57.7 Å². The van der Waals surface area contributed by atoms with Gasteiger partial charge in [-0.25, -0.2) is 0 Å². The summed E-state index contributed by atoms with van der Waals surface area (Å²) in [5, 5.41) is 0. The Morgan fingerprint density at radius 2 is 1.86 bits per heavy atom. The average molecular weight is 290 g/mol. The van der Waals surface area contributed by atoms with Crippen molar-refractivity contribution in [1.82, 2.24) is 0 Å². The molecule has 1 rings (SSSR count). The molecule has 0 aromatic heterocycles. The van der Waals surface area contributed by atoms with Crippen LogP contribution in [0.25, 0.3) is 0 Å². The van der Waals surface area contributed by atoms with Crippen molar-refractivity contribution in [2.75, 3.05) is 11.4 Å². The molecule has 1 unspecified atom stereocenters. The number of nitrogens with zero attached hydrogens (tertiary/aromatic N) is 1. The van der Waals surface area contributed by atoms with Gasteiger partial charge < -0.3 is 10.6 Å². The van der Waals surface area contributed by atoms with Crippen LogP contribution in [0.15, 0.2) is 18.2 Å². The standard InChI is InChI=1S/C19H34N2/c1-6-8-9-12-21(15(3)4)19-11-10-17(16(5)13-19)14-18(20)7-2/h10-11,13,15,18H,6-9,12,14,20H2,1-5H3. The SMILES string of the molecule is CCCCCN(c1ccc(CC(N)CC)c(C)c1)C(C)C. The molecule has 0 fully saturated rings. The molecule has 0 bridgehead atoms. The zero-order valence-electron chi connectivity index (χ0n) is 14.7. The topological polar surface area (TPSA) is 29.3 Å². The Hall–Kier alpha value is -1.02. The highest BCUT2D eigenvalue weighted by molar-refractivity contribution is 5.51. The first-order valence-electron chi connectivity index (χ1n) is 8.61. The second-order valence-electron chi connectivity index (χ2n) is 6.48. The summed E-state index contributed by atoms with van der Waals surface area (Å²) in [6.45, 7) is 12.3. The van der Waals surface area contributed by atoms with Gasteiger partial charge in [-0.3, -0.25) is 0 Å². The van der Waals surface area contributed by atoms with Gasteiger partial charge in [0.25, 0.3) is 0 Å². The predicted octanol–water partition coefficient (Wildman–Crippen LogP) is 4.68. The van der Waals surface area contributed by atoms with E-state index in [1.807, 2.05) is 0 Å². The second kappa shape index (κ2) is 9.09. The second-order valence-corrected chi connectivity index (χ2v) is 6.48. The maximum atomic E-state index is 6.09. The summed E-state index contributed by atoms with van der Waals surface area (Å²) in [6.07, 6.45) is 5.89. The third kappa shape index (κ3) is 5.70. The maximum absolute atomic E-state index is 6.09. The molecule has 1 atom stereocenters. The van der Waals surface area contributed by atoms with Gasteiger partial charge in [-0.05, 0) is 63.3 Å². The lowest BCUT2D eigenvalue weighted by atomic mass is 9.99. The highest BCUT2D eigenvalue weighted by Gasteiger charge is 2.12. The van der Waals surface area contributed by atoms with Crippen LogP contribution in [-0.4, -0.2) is 18.6 Å². The van der Waals surface area contributed by atoms with Gasteiger partial charge in [0.05, 0.1) is 0 Å². The van der Waals surface area contributed by atoms with E-state index in [1.165, 1.54) is 36.1 Å². The summed E-state index contributed by atoms with van der Waals surface area (Å²) in [6, 6.07) is 7.71.